The van der Waals surface area contributed by atoms with Gasteiger partial charge in [-0.2, -0.15) is 0 Å². The van der Waals surface area contributed by atoms with Crippen LogP contribution in [0, 0.1) is 0 Å². The Balaban J connectivity index is 1.58. The van der Waals surface area contributed by atoms with Crippen LogP contribution in [0.4, 0.5) is 5.69 Å². The third-order valence-electron chi connectivity index (χ3n) is 6.13. The van der Waals surface area contributed by atoms with Crippen LogP contribution in [0.2, 0.25) is 0 Å². The largest absolute Gasteiger partial charge is 0.353 e. The van der Waals surface area contributed by atoms with Gasteiger partial charge in [0.2, 0.25) is 0 Å². The molecule has 4 nitrogen and oxygen atoms in total. The second-order valence-electron chi connectivity index (χ2n) is 7.52. The summed E-state index contributed by atoms with van der Waals surface area (Å²) in [7, 11) is 0. The maximum absolute atomic E-state index is 4.37. The highest BCUT2D eigenvalue weighted by Gasteiger charge is 2.44. The maximum Gasteiger partial charge on any atom is 0.189 e. The Labute approximate surface area is 157 Å². The van der Waals surface area contributed by atoms with Crippen molar-refractivity contribution in [3.05, 3.63) is 95.4 Å². The molecule has 0 radical (unpaired) electrons. The Morgan fingerprint density at radius 2 is 1.85 bits per heavy atom. The number of fused-ring (bicyclic) bond motifs is 7. The minimum atomic E-state index is 0.207. The molecule has 3 atom stereocenters. The molecule has 0 saturated carbocycles. The molecule has 2 aliphatic rings. The highest BCUT2D eigenvalue weighted by Crippen LogP contribution is 2.38. The minimum Gasteiger partial charge on any atom is -0.353 e. The summed E-state index contributed by atoms with van der Waals surface area (Å²) in [5.74, 6) is 0. The number of aromatic nitrogens is 2. The fraction of sp³-hybridized carbons (Fsp3) is 0.174. The molecule has 0 saturated heterocycles. The van der Waals surface area contributed by atoms with Crippen molar-refractivity contribution < 1.29 is 4.90 Å². The van der Waals surface area contributed by atoms with Crippen LogP contribution in [0.5, 0.6) is 0 Å². The summed E-state index contributed by atoms with van der Waals surface area (Å²) in [6, 6.07) is 22.0. The maximum atomic E-state index is 4.37. The SMILES string of the molecule is c1cncc([C@H]2Nc3ccccc3[C@H]3c4[nH]c5ccccc5c4CC[NH+]32)c1. The third-order valence-corrected chi connectivity index (χ3v) is 6.13. The van der Waals surface area contributed by atoms with Gasteiger partial charge in [-0.1, -0.05) is 36.4 Å². The van der Waals surface area contributed by atoms with Crippen LogP contribution in [0.3, 0.4) is 0 Å². The number of rotatable bonds is 1. The van der Waals surface area contributed by atoms with Gasteiger partial charge in [0.15, 0.2) is 12.2 Å². The number of quaternary nitrogens is 1. The highest BCUT2D eigenvalue weighted by molar-refractivity contribution is 5.85. The number of hydrogen-bond donors (Lipinski definition) is 3. The number of aromatic amines is 1. The minimum absolute atomic E-state index is 0.207. The second-order valence-corrected chi connectivity index (χ2v) is 7.52. The average Bonchev–Trinajstić information content (AvgIpc) is 3.12. The van der Waals surface area contributed by atoms with Crippen molar-refractivity contribution >= 4 is 16.6 Å². The first-order valence-electron chi connectivity index (χ1n) is 9.60. The number of nitrogens with one attached hydrogen (secondary N) is 3. The van der Waals surface area contributed by atoms with Gasteiger partial charge in [0, 0.05) is 46.5 Å². The first-order chi connectivity index (χ1) is 13.4. The molecule has 6 rings (SSSR count). The van der Waals surface area contributed by atoms with E-state index in [1.54, 1.807) is 4.90 Å². The summed E-state index contributed by atoms with van der Waals surface area (Å²) < 4.78 is 0. The van der Waals surface area contributed by atoms with Gasteiger partial charge >= 0.3 is 0 Å². The molecule has 4 aromatic rings. The van der Waals surface area contributed by atoms with Crippen LogP contribution in [0.25, 0.3) is 10.9 Å². The lowest BCUT2D eigenvalue weighted by Gasteiger charge is -2.43. The summed E-state index contributed by atoms with van der Waals surface area (Å²) >= 11 is 0. The average molecular weight is 353 g/mol. The van der Waals surface area contributed by atoms with E-state index in [2.05, 4.69) is 69.9 Å². The van der Waals surface area contributed by atoms with E-state index < -0.39 is 0 Å². The summed E-state index contributed by atoms with van der Waals surface area (Å²) in [6.07, 6.45) is 5.14. The molecule has 0 aliphatic carbocycles. The molecule has 132 valence electrons. The molecule has 3 N–H and O–H groups in total. The number of benzene rings is 2. The lowest BCUT2D eigenvalue weighted by atomic mass is 9.88. The summed E-state index contributed by atoms with van der Waals surface area (Å²) in [6.45, 7) is 1.10. The van der Waals surface area contributed by atoms with E-state index in [0.717, 1.165) is 13.0 Å². The van der Waals surface area contributed by atoms with Crippen molar-refractivity contribution in [2.24, 2.45) is 0 Å². The molecular weight excluding hydrogens is 332 g/mol. The zero-order valence-electron chi connectivity index (χ0n) is 14.9. The van der Waals surface area contributed by atoms with Gasteiger partial charge in [-0.3, -0.25) is 9.88 Å². The molecule has 4 heteroatoms. The number of para-hydroxylation sites is 2. The van der Waals surface area contributed by atoms with E-state index in [1.165, 1.54) is 39.0 Å². The van der Waals surface area contributed by atoms with Crippen LogP contribution in [-0.4, -0.2) is 16.5 Å². The van der Waals surface area contributed by atoms with Crippen molar-refractivity contribution in [3.63, 3.8) is 0 Å². The molecule has 0 amide bonds. The highest BCUT2D eigenvalue weighted by atomic mass is 15.3. The van der Waals surface area contributed by atoms with Crippen molar-refractivity contribution in [2.45, 2.75) is 18.6 Å². The van der Waals surface area contributed by atoms with E-state index in [-0.39, 0.29) is 6.17 Å². The number of nitrogens with zero attached hydrogens (tertiary/aromatic N) is 1. The zero-order chi connectivity index (χ0) is 17.8. The van der Waals surface area contributed by atoms with E-state index in [1.807, 2.05) is 18.5 Å². The molecular formula is C23H21N4+. The molecule has 2 aromatic heterocycles. The number of H-pyrrole nitrogens is 1. The number of anilines is 1. The zero-order valence-corrected chi connectivity index (χ0v) is 14.9. The number of hydrogen-bond acceptors (Lipinski definition) is 2. The molecule has 2 aliphatic heterocycles. The molecule has 0 fully saturated rings. The van der Waals surface area contributed by atoms with Crippen molar-refractivity contribution in [3.8, 4) is 0 Å². The van der Waals surface area contributed by atoms with Gasteiger partial charge < -0.3 is 10.3 Å². The monoisotopic (exact) mass is 353 g/mol. The molecule has 0 bridgehead atoms. The smallest absolute Gasteiger partial charge is 0.189 e. The van der Waals surface area contributed by atoms with Crippen LogP contribution in [0.15, 0.2) is 73.1 Å². The Bertz CT molecular complexity index is 1130. The molecule has 27 heavy (non-hydrogen) atoms. The van der Waals surface area contributed by atoms with E-state index in [4.69, 9.17) is 0 Å². The first kappa shape index (κ1) is 15.0. The molecule has 2 aromatic carbocycles. The lowest BCUT2D eigenvalue weighted by Crippen LogP contribution is -3.15. The molecule has 0 spiro atoms. The molecule has 1 unspecified atom stereocenters. The van der Waals surface area contributed by atoms with Crippen molar-refractivity contribution in [1.29, 1.82) is 0 Å². The Morgan fingerprint density at radius 1 is 0.963 bits per heavy atom. The Hall–Kier alpha value is -3.11. The van der Waals surface area contributed by atoms with Gasteiger partial charge in [-0.15, -0.1) is 0 Å². The Morgan fingerprint density at radius 3 is 2.78 bits per heavy atom. The second kappa shape index (κ2) is 5.69. The van der Waals surface area contributed by atoms with Gasteiger partial charge in [0.1, 0.15) is 0 Å². The summed E-state index contributed by atoms with van der Waals surface area (Å²) in [4.78, 5) is 9.68. The van der Waals surface area contributed by atoms with Crippen molar-refractivity contribution in [1.82, 2.24) is 9.97 Å². The normalized spacial score (nSPS) is 23.2. The van der Waals surface area contributed by atoms with Crippen LogP contribution < -0.4 is 10.2 Å². The van der Waals surface area contributed by atoms with E-state index in [9.17, 15) is 0 Å². The Kier molecular flexibility index (Phi) is 3.16. The van der Waals surface area contributed by atoms with E-state index >= 15 is 0 Å². The topological polar surface area (TPSA) is 45.1 Å². The predicted octanol–water partition coefficient (Wildman–Crippen LogP) is 3.22. The van der Waals surface area contributed by atoms with Crippen LogP contribution >= 0.6 is 0 Å². The fourth-order valence-corrected chi connectivity index (χ4v) is 4.97. The predicted molar refractivity (Wildman–Crippen MR) is 107 cm³/mol. The summed E-state index contributed by atoms with van der Waals surface area (Å²) in [5.41, 5.74) is 7.96. The lowest BCUT2D eigenvalue weighted by molar-refractivity contribution is -0.956. The summed E-state index contributed by atoms with van der Waals surface area (Å²) in [5, 5.41) is 5.16. The van der Waals surface area contributed by atoms with Crippen LogP contribution in [0.1, 0.15) is 34.6 Å². The standard InChI is InChI=1S/C23H20N4/c1-3-9-19-16(7-1)17-11-13-27-22(21(17)25-19)18-8-2-4-10-20(18)26-23(27)15-6-5-12-24-14-15/h1-10,12,14,22-23,25-26H,11,13H2/p+1/t22-,23-/m0/s1. The quantitative estimate of drug-likeness (QED) is 0.492. The van der Waals surface area contributed by atoms with Gasteiger partial charge in [-0.25, -0.2) is 0 Å². The van der Waals surface area contributed by atoms with E-state index in [0.29, 0.717) is 6.04 Å². The van der Waals surface area contributed by atoms with Gasteiger partial charge in [0.25, 0.3) is 0 Å². The first-order valence-corrected chi connectivity index (χ1v) is 9.60. The van der Waals surface area contributed by atoms with Gasteiger partial charge in [0.05, 0.1) is 12.2 Å². The van der Waals surface area contributed by atoms with Gasteiger partial charge in [-0.05, 0) is 29.8 Å². The van der Waals surface area contributed by atoms with Crippen molar-refractivity contribution in [2.75, 3.05) is 11.9 Å². The molecule has 4 heterocycles. The third kappa shape index (κ3) is 2.17. The fourth-order valence-electron chi connectivity index (χ4n) is 4.97. The number of pyridine rings is 1. The van der Waals surface area contributed by atoms with Crippen LogP contribution in [-0.2, 0) is 6.42 Å².